The van der Waals surface area contributed by atoms with Crippen LogP contribution in [0.25, 0.3) is 16.6 Å². The monoisotopic (exact) mass is 430 g/mol. The summed E-state index contributed by atoms with van der Waals surface area (Å²) in [5, 5.41) is 4.84. The van der Waals surface area contributed by atoms with Crippen molar-refractivity contribution in [2.75, 3.05) is 26.8 Å². The highest BCUT2D eigenvalue weighted by atomic mass is 16.5. The number of hydrazone groups is 1. The Morgan fingerprint density at radius 1 is 0.906 bits per heavy atom. The van der Waals surface area contributed by atoms with E-state index in [2.05, 4.69) is 15.5 Å². The van der Waals surface area contributed by atoms with E-state index in [-0.39, 0.29) is 11.5 Å². The highest BCUT2D eigenvalue weighted by Crippen LogP contribution is 2.32. The normalized spacial score (nSPS) is 11.0. The van der Waals surface area contributed by atoms with E-state index >= 15 is 0 Å². The molecular weight excluding hydrogens is 408 g/mol. The lowest BCUT2D eigenvalue weighted by Gasteiger charge is -2.14. The van der Waals surface area contributed by atoms with Gasteiger partial charge < -0.3 is 14.2 Å². The second-order valence-corrected chi connectivity index (χ2v) is 6.74. The van der Waals surface area contributed by atoms with Crippen molar-refractivity contribution >= 4 is 23.1 Å². The van der Waals surface area contributed by atoms with Crippen molar-refractivity contribution in [1.82, 2.24) is 9.55 Å². The molecule has 4 aromatic rings. The molecular formula is C24H22N4O4. The molecule has 1 aromatic heterocycles. The summed E-state index contributed by atoms with van der Waals surface area (Å²) in [6.07, 6.45) is 1.55. The third-order valence-electron chi connectivity index (χ3n) is 4.90. The predicted octanol–water partition coefficient (Wildman–Crippen LogP) is 3.86. The molecule has 32 heavy (non-hydrogen) atoms. The summed E-state index contributed by atoms with van der Waals surface area (Å²) in [6.45, 7) is 0. The predicted molar refractivity (Wildman–Crippen MR) is 125 cm³/mol. The molecule has 0 atom stereocenters. The van der Waals surface area contributed by atoms with Gasteiger partial charge in [0.25, 0.3) is 5.56 Å². The molecule has 0 saturated heterocycles. The summed E-state index contributed by atoms with van der Waals surface area (Å²) in [6, 6.07) is 19.9. The molecule has 8 nitrogen and oxygen atoms in total. The van der Waals surface area contributed by atoms with Crippen LogP contribution in [0.3, 0.4) is 0 Å². The number of para-hydroxylation sites is 2. The molecule has 0 aliphatic rings. The molecule has 3 aromatic carbocycles. The van der Waals surface area contributed by atoms with Gasteiger partial charge >= 0.3 is 0 Å². The smallest absolute Gasteiger partial charge is 0.267 e. The first-order chi connectivity index (χ1) is 15.7. The summed E-state index contributed by atoms with van der Waals surface area (Å²) in [7, 11) is 4.67. The van der Waals surface area contributed by atoms with Crippen LogP contribution in [0, 0.1) is 0 Å². The van der Waals surface area contributed by atoms with Gasteiger partial charge in [0, 0.05) is 12.1 Å². The van der Waals surface area contributed by atoms with Gasteiger partial charge in [0.15, 0.2) is 0 Å². The fourth-order valence-corrected chi connectivity index (χ4v) is 3.34. The SMILES string of the molecule is COc1cc(OC)c(/C=N/Nc2nc3ccccc3c(=O)n2-c2ccccc2)c(OC)c1. The first-order valence-electron chi connectivity index (χ1n) is 9.82. The Bertz CT molecular complexity index is 1310. The highest BCUT2D eigenvalue weighted by Gasteiger charge is 2.14. The maximum atomic E-state index is 13.2. The summed E-state index contributed by atoms with van der Waals surface area (Å²) in [5.41, 5.74) is 4.56. The highest BCUT2D eigenvalue weighted by molar-refractivity contribution is 5.88. The topological polar surface area (TPSA) is 87.0 Å². The maximum Gasteiger partial charge on any atom is 0.267 e. The fourth-order valence-electron chi connectivity index (χ4n) is 3.34. The van der Waals surface area contributed by atoms with E-state index in [0.717, 1.165) is 0 Å². The van der Waals surface area contributed by atoms with E-state index in [1.807, 2.05) is 42.5 Å². The third-order valence-corrected chi connectivity index (χ3v) is 4.90. The number of aromatic nitrogens is 2. The lowest BCUT2D eigenvalue weighted by atomic mass is 10.2. The Hall–Kier alpha value is -4.33. The van der Waals surface area contributed by atoms with Gasteiger partial charge in [-0.1, -0.05) is 30.3 Å². The zero-order chi connectivity index (χ0) is 22.5. The van der Waals surface area contributed by atoms with E-state index in [4.69, 9.17) is 14.2 Å². The van der Waals surface area contributed by atoms with Crippen LogP contribution >= 0.6 is 0 Å². The lowest BCUT2D eigenvalue weighted by Crippen LogP contribution is -2.22. The van der Waals surface area contributed by atoms with E-state index in [9.17, 15) is 4.79 Å². The van der Waals surface area contributed by atoms with Crippen LogP contribution in [0.2, 0.25) is 0 Å². The van der Waals surface area contributed by atoms with E-state index in [1.54, 1.807) is 51.8 Å². The average Bonchev–Trinajstić information content (AvgIpc) is 2.84. The first-order valence-corrected chi connectivity index (χ1v) is 9.82. The Balaban J connectivity index is 1.79. The molecule has 4 rings (SSSR count). The molecule has 162 valence electrons. The molecule has 0 spiro atoms. The van der Waals surface area contributed by atoms with Crippen molar-refractivity contribution in [2.45, 2.75) is 0 Å². The number of ether oxygens (including phenoxy) is 3. The van der Waals surface area contributed by atoms with Crippen LogP contribution in [-0.4, -0.2) is 37.1 Å². The number of nitrogens with zero attached hydrogens (tertiary/aromatic N) is 3. The third kappa shape index (κ3) is 3.98. The second-order valence-electron chi connectivity index (χ2n) is 6.74. The fraction of sp³-hybridized carbons (Fsp3) is 0.125. The zero-order valence-electron chi connectivity index (χ0n) is 17.9. The molecule has 0 aliphatic heterocycles. The summed E-state index contributed by atoms with van der Waals surface area (Å²) < 4.78 is 17.7. The van der Waals surface area contributed by atoms with E-state index in [1.165, 1.54) is 4.57 Å². The average molecular weight is 430 g/mol. The van der Waals surface area contributed by atoms with Gasteiger partial charge in [-0.25, -0.2) is 15.0 Å². The molecule has 0 radical (unpaired) electrons. The van der Waals surface area contributed by atoms with Crippen LogP contribution in [0.15, 0.2) is 76.6 Å². The van der Waals surface area contributed by atoms with Gasteiger partial charge in [-0.3, -0.25) is 4.79 Å². The van der Waals surface area contributed by atoms with Crippen LogP contribution in [-0.2, 0) is 0 Å². The summed E-state index contributed by atoms with van der Waals surface area (Å²) in [4.78, 5) is 17.8. The molecule has 0 amide bonds. The van der Waals surface area contributed by atoms with Crippen molar-refractivity contribution in [2.24, 2.45) is 5.10 Å². The minimum atomic E-state index is -0.195. The lowest BCUT2D eigenvalue weighted by molar-refractivity contribution is 0.374. The maximum absolute atomic E-state index is 13.2. The quantitative estimate of drug-likeness (QED) is 0.354. The molecule has 8 heteroatoms. The first kappa shape index (κ1) is 20.9. The Morgan fingerprint density at radius 3 is 2.22 bits per heavy atom. The van der Waals surface area contributed by atoms with Gasteiger partial charge in [0.05, 0.1) is 49.7 Å². The largest absolute Gasteiger partial charge is 0.496 e. The number of nitrogens with one attached hydrogen (secondary N) is 1. The summed E-state index contributed by atoms with van der Waals surface area (Å²) >= 11 is 0. The zero-order valence-corrected chi connectivity index (χ0v) is 17.9. The molecule has 0 aliphatic carbocycles. The molecule has 0 bridgehead atoms. The summed E-state index contributed by atoms with van der Waals surface area (Å²) in [5.74, 6) is 1.93. The van der Waals surface area contributed by atoms with Crippen molar-refractivity contribution < 1.29 is 14.2 Å². The number of methoxy groups -OCH3 is 3. The number of fused-ring (bicyclic) bond motifs is 1. The number of hydrogen-bond donors (Lipinski definition) is 1. The number of hydrogen-bond acceptors (Lipinski definition) is 7. The van der Waals surface area contributed by atoms with Crippen molar-refractivity contribution in [3.8, 4) is 22.9 Å². The van der Waals surface area contributed by atoms with Crippen molar-refractivity contribution in [1.29, 1.82) is 0 Å². The number of rotatable bonds is 7. The number of benzene rings is 3. The molecule has 0 unspecified atom stereocenters. The van der Waals surface area contributed by atoms with Crippen molar-refractivity contribution in [3.05, 3.63) is 82.6 Å². The van der Waals surface area contributed by atoms with E-state index in [0.29, 0.717) is 39.4 Å². The van der Waals surface area contributed by atoms with Gasteiger partial charge in [0.1, 0.15) is 17.2 Å². The minimum Gasteiger partial charge on any atom is -0.496 e. The van der Waals surface area contributed by atoms with Gasteiger partial charge in [0.2, 0.25) is 5.95 Å². The molecule has 0 fully saturated rings. The molecule has 1 heterocycles. The number of anilines is 1. The van der Waals surface area contributed by atoms with Crippen LogP contribution < -0.4 is 25.2 Å². The Kier molecular flexibility index (Phi) is 6.03. The Morgan fingerprint density at radius 2 is 1.56 bits per heavy atom. The second kappa shape index (κ2) is 9.22. The van der Waals surface area contributed by atoms with Crippen LogP contribution in [0.5, 0.6) is 17.2 Å². The van der Waals surface area contributed by atoms with Gasteiger partial charge in [-0.2, -0.15) is 5.10 Å². The van der Waals surface area contributed by atoms with Crippen molar-refractivity contribution in [3.63, 3.8) is 0 Å². The molecule has 1 N–H and O–H groups in total. The molecule has 0 saturated carbocycles. The van der Waals surface area contributed by atoms with Crippen LogP contribution in [0.1, 0.15) is 5.56 Å². The van der Waals surface area contributed by atoms with Gasteiger partial charge in [-0.15, -0.1) is 0 Å². The van der Waals surface area contributed by atoms with E-state index < -0.39 is 0 Å². The standard InChI is InChI=1S/C24H22N4O4/c1-30-17-13-21(31-2)19(22(14-17)32-3)15-25-27-24-26-20-12-8-7-11-18(20)23(29)28(24)16-9-5-4-6-10-16/h4-15H,1-3H3,(H,26,27)/b25-15+. The van der Waals surface area contributed by atoms with Crippen LogP contribution in [0.4, 0.5) is 5.95 Å². The Labute approximate surface area is 184 Å². The minimum absolute atomic E-state index is 0.195. The van der Waals surface area contributed by atoms with Gasteiger partial charge in [-0.05, 0) is 24.3 Å².